The summed E-state index contributed by atoms with van der Waals surface area (Å²) >= 11 is 0. The molecule has 0 spiro atoms. The van der Waals surface area contributed by atoms with Gasteiger partial charge in [-0.1, -0.05) is 17.3 Å². The summed E-state index contributed by atoms with van der Waals surface area (Å²) in [6.07, 6.45) is 1.44. The molecule has 0 unspecified atom stereocenters. The molecule has 27 heavy (non-hydrogen) atoms. The van der Waals surface area contributed by atoms with Gasteiger partial charge in [-0.3, -0.25) is 4.79 Å². The fourth-order valence-electron chi connectivity index (χ4n) is 4.26. The van der Waals surface area contributed by atoms with Crippen molar-refractivity contribution in [1.82, 2.24) is 19.9 Å². The van der Waals surface area contributed by atoms with Crippen LogP contribution in [0.25, 0.3) is 0 Å². The van der Waals surface area contributed by atoms with E-state index in [2.05, 4.69) is 5.16 Å². The van der Waals surface area contributed by atoms with Gasteiger partial charge < -0.3 is 19.2 Å². The second-order valence-corrected chi connectivity index (χ2v) is 7.34. The molecule has 1 aromatic carbocycles. The van der Waals surface area contributed by atoms with Gasteiger partial charge in [-0.2, -0.15) is 0 Å². The highest BCUT2D eigenvalue weighted by Crippen LogP contribution is 2.45. The van der Waals surface area contributed by atoms with Gasteiger partial charge in [0.05, 0.1) is 12.2 Å². The number of rotatable bonds is 2. The van der Waals surface area contributed by atoms with E-state index < -0.39 is 0 Å². The Bertz CT molecular complexity index is 854. The van der Waals surface area contributed by atoms with Crippen molar-refractivity contribution in [3.63, 3.8) is 0 Å². The van der Waals surface area contributed by atoms with Crippen molar-refractivity contribution in [2.75, 3.05) is 33.7 Å². The standard InChI is InChI=1S/C19H21FN4O3/c1-22(2)19(26)24-10-13-9-23(18(25)16-6-7-21-27-16)11-15(13)17(24)12-4-3-5-14(20)8-12/h3-8,13,15,17H,9-11H2,1-2H3/t13-,15-,17+/m1/s1. The van der Waals surface area contributed by atoms with E-state index in [0.29, 0.717) is 19.6 Å². The molecule has 4 rings (SSSR count). The molecule has 3 heterocycles. The average molecular weight is 372 g/mol. The Morgan fingerprint density at radius 1 is 1.22 bits per heavy atom. The van der Waals surface area contributed by atoms with Crippen molar-refractivity contribution in [2.45, 2.75) is 6.04 Å². The molecule has 3 atom stereocenters. The summed E-state index contributed by atoms with van der Waals surface area (Å²) in [6.45, 7) is 1.55. The van der Waals surface area contributed by atoms with Crippen molar-refractivity contribution >= 4 is 11.9 Å². The molecule has 2 fully saturated rings. The molecule has 3 amide bonds. The van der Waals surface area contributed by atoms with Crippen LogP contribution in [0, 0.1) is 17.7 Å². The normalized spacial score (nSPS) is 24.2. The minimum atomic E-state index is -0.333. The Kier molecular flexibility index (Phi) is 4.33. The summed E-state index contributed by atoms with van der Waals surface area (Å²) in [5.41, 5.74) is 0.756. The van der Waals surface area contributed by atoms with E-state index in [1.807, 2.05) is 6.07 Å². The van der Waals surface area contributed by atoms with Crippen LogP contribution < -0.4 is 0 Å². The number of likely N-dealkylation sites (tertiary alicyclic amines) is 2. The second kappa shape index (κ2) is 6.68. The summed E-state index contributed by atoms with van der Waals surface area (Å²) in [4.78, 5) is 30.4. The van der Waals surface area contributed by atoms with E-state index in [1.165, 1.54) is 23.2 Å². The molecule has 0 N–H and O–H groups in total. The molecule has 0 bridgehead atoms. The van der Waals surface area contributed by atoms with Crippen molar-refractivity contribution in [2.24, 2.45) is 11.8 Å². The number of fused-ring (bicyclic) bond motifs is 1. The lowest BCUT2D eigenvalue weighted by Gasteiger charge is -2.31. The molecule has 2 aromatic rings. The fourth-order valence-corrected chi connectivity index (χ4v) is 4.26. The predicted molar refractivity (Wildman–Crippen MR) is 94.3 cm³/mol. The largest absolute Gasteiger partial charge is 0.351 e. The third-order valence-corrected chi connectivity index (χ3v) is 5.42. The maximum absolute atomic E-state index is 13.8. The third kappa shape index (κ3) is 3.05. The van der Waals surface area contributed by atoms with Gasteiger partial charge in [0.2, 0.25) is 5.76 Å². The van der Waals surface area contributed by atoms with Crippen LogP contribution in [0.5, 0.6) is 0 Å². The maximum Gasteiger partial charge on any atom is 0.320 e. The van der Waals surface area contributed by atoms with Crippen molar-refractivity contribution in [1.29, 1.82) is 0 Å². The lowest BCUT2D eigenvalue weighted by Crippen LogP contribution is -2.42. The second-order valence-electron chi connectivity index (χ2n) is 7.34. The number of halogens is 1. The highest BCUT2D eigenvalue weighted by molar-refractivity contribution is 5.91. The van der Waals surface area contributed by atoms with Gasteiger partial charge in [-0.15, -0.1) is 0 Å². The highest BCUT2D eigenvalue weighted by Gasteiger charge is 2.50. The summed E-state index contributed by atoms with van der Waals surface area (Å²) in [7, 11) is 3.41. The molecule has 0 saturated carbocycles. The van der Waals surface area contributed by atoms with Gasteiger partial charge in [0.15, 0.2) is 0 Å². The SMILES string of the molecule is CN(C)C(=O)N1C[C@H]2CN(C(=O)c3ccno3)C[C@H]2[C@@H]1c1cccc(F)c1. The van der Waals surface area contributed by atoms with Gasteiger partial charge in [0.1, 0.15) is 5.82 Å². The first kappa shape index (κ1) is 17.5. The van der Waals surface area contributed by atoms with Gasteiger partial charge in [0.25, 0.3) is 5.91 Å². The number of nitrogens with zero attached hydrogens (tertiary/aromatic N) is 4. The molecule has 8 heteroatoms. The molecular formula is C19H21FN4O3. The average Bonchev–Trinajstić information content (AvgIpc) is 3.35. The Hall–Kier alpha value is -2.90. The Morgan fingerprint density at radius 3 is 2.70 bits per heavy atom. The van der Waals surface area contributed by atoms with E-state index >= 15 is 0 Å². The van der Waals surface area contributed by atoms with Crippen molar-refractivity contribution < 1.29 is 18.5 Å². The lowest BCUT2D eigenvalue weighted by atomic mass is 9.89. The number of hydrogen-bond acceptors (Lipinski definition) is 4. The Morgan fingerprint density at radius 2 is 2.04 bits per heavy atom. The van der Waals surface area contributed by atoms with Crippen LogP contribution in [0.4, 0.5) is 9.18 Å². The van der Waals surface area contributed by atoms with Crippen LogP contribution in [-0.4, -0.2) is 65.5 Å². The van der Waals surface area contributed by atoms with Gasteiger partial charge in [0, 0.05) is 51.6 Å². The van der Waals surface area contributed by atoms with E-state index in [4.69, 9.17) is 4.52 Å². The number of benzene rings is 1. The van der Waals surface area contributed by atoms with Crippen LogP contribution in [0.2, 0.25) is 0 Å². The Labute approximate surface area is 156 Å². The topological polar surface area (TPSA) is 69.9 Å². The number of urea groups is 1. The van der Waals surface area contributed by atoms with Gasteiger partial charge in [-0.25, -0.2) is 9.18 Å². The molecule has 142 valence electrons. The summed E-state index contributed by atoms with van der Waals surface area (Å²) in [5.74, 6) is -0.152. The smallest absolute Gasteiger partial charge is 0.320 e. The Balaban J connectivity index is 1.63. The fraction of sp³-hybridized carbons (Fsp3) is 0.421. The zero-order valence-electron chi connectivity index (χ0n) is 15.2. The molecule has 1 aromatic heterocycles. The minimum absolute atomic E-state index is 0.0440. The monoisotopic (exact) mass is 372 g/mol. The first-order chi connectivity index (χ1) is 13.0. The molecule has 2 aliphatic heterocycles. The van der Waals surface area contributed by atoms with Crippen LogP contribution in [0.15, 0.2) is 41.1 Å². The predicted octanol–water partition coefficient (Wildman–Crippen LogP) is 2.24. The molecule has 0 radical (unpaired) electrons. The van der Waals surface area contributed by atoms with Gasteiger partial charge >= 0.3 is 6.03 Å². The van der Waals surface area contributed by atoms with Crippen LogP contribution in [0.1, 0.15) is 22.2 Å². The number of carbonyl (C=O) groups is 2. The first-order valence-corrected chi connectivity index (χ1v) is 8.89. The molecule has 2 aliphatic rings. The van der Waals surface area contributed by atoms with E-state index in [0.717, 1.165) is 5.56 Å². The summed E-state index contributed by atoms with van der Waals surface area (Å²) in [6, 6.07) is 7.53. The molecule has 7 nitrogen and oxygen atoms in total. The molecule has 0 aliphatic carbocycles. The number of carbonyl (C=O) groups excluding carboxylic acids is 2. The third-order valence-electron chi connectivity index (χ3n) is 5.42. The lowest BCUT2D eigenvalue weighted by molar-refractivity contribution is 0.0725. The molecule has 2 saturated heterocycles. The summed E-state index contributed by atoms with van der Waals surface area (Å²) < 4.78 is 18.8. The maximum atomic E-state index is 13.8. The van der Waals surface area contributed by atoms with E-state index in [9.17, 15) is 14.0 Å². The van der Waals surface area contributed by atoms with E-state index in [1.54, 1.807) is 36.0 Å². The van der Waals surface area contributed by atoms with Crippen LogP contribution in [0.3, 0.4) is 0 Å². The highest BCUT2D eigenvalue weighted by atomic mass is 19.1. The van der Waals surface area contributed by atoms with E-state index in [-0.39, 0.29) is 41.4 Å². The zero-order valence-corrected chi connectivity index (χ0v) is 15.2. The van der Waals surface area contributed by atoms with Crippen molar-refractivity contribution in [3.05, 3.63) is 53.7 Å². The zero-order chi connectivity index (χ0) is 19.1. The number of amides is 3. The van der Waals surface area contributed by atoms with Crippen molar-refractivity contribution in [3.8, 4) is 0 Å². The number of hydrogen-bond donors (Lipinski definition) is 0. The van der Waals surface area contributed by atoms with Gasteiger partial charge in [-0.05, 0) is 17.7 Å². The summed E-state index contributed by atoms with van der Waals surface area (Å²) in [5, 5.41) is 3.59. The first-order valence-electron chi connectivity index (χ1n) is 8.89. The minimum Gasteiger partial charge on any atom is -0.351 e. The van der Waals surface area contributed by atoms with Crippen LogP contribution >= 0.6 is 0 Å². The van der Waals surface area contributed by atoms with Crippen LogP contribution in [-0.2, 0) is 0 Å². The quantitative estimate of drug-likeness (QED) is 0.811. The number of aromatic nitrogens is 1. The molecular weight excluding hydrogens is 351 g/mol.